The predicted molar refractivity (Wildman–Crippen MR) is 56.2 cm³/mol. The Balaban J connectivity index is -0.0000000675. The molecule has 0 aromatic heterocycles. The Labute approximate surface area is 122 Å². The number of unbranched alkanes of at least 4 members (excludes halogenated alkanes) is 1. The van der Waals surface area contributed by atoms with E-state index >= 15 is 0 Å². The van der Waals surface area contributed by atoms with Crippen molar-refractivity contribution in [3.63, 3.8) is 0 Å². The average molecular weight is 331 g/mol. The van der Waals surface area contributed by atoms with Crippen molar-refractivity contribution in [2.45, 2.75) is 12.8 Å². The summed E-state index contributed by atoms with van der Waals surface area (Å²) in [6, 6.07) is 0. The minimum atomic E-state index is -0.544. The second kappa shape index (κ2) is 23.4. The smallest absolute Gasteiger partial charge is 0.617 e. The third-order valence-electron chi connectivity index (χ3n) is 0.982. The van der Waals surface area contributed by atoms with Crippen LogP contribution in [-0.4, -0.2) is 31.5 Å². The molecule has 0 fully saturated rings. The second-order valence-electron chi connectivity index (χ2n) is 1.78. The molecule has 0 radical (unpaired) electrons. The van der Waals surface area contributed by atoms with Gasteiger partial charge in [-0.2, -0.15) is 0 Å². The van der Waals surface area contributed by atoms with Crippen LogP contribution in [0.5, 0.6) is 0 Å². The topological polar surface area (TPSA) is 60.6 Å². The number of carbonyl (C=O) groups excluding carboxylic acids is 1. The number of hydrogen-bond donors (Lipinski definition) is 1. The van der Waals surface area contributed by atoms with Gasteiger partial charge in [0.15, 0.2) is 0 Å². The Morgan fingerprint density at radius 3 is 2.14 bits per heavy atom. The SMILES string of the molecule is COC(=O)[N-]CCCCO.[CH3-].[CH3-].[CH3-].[Ce+4]. The second-order valence-corrected chi connectivity index (χ2v) is 1.78. The van der Waals surface area contributed by atoms with E-state index in [1.165, 1.54) is 7.11 Å². The first-order chi connectivity index (χ1) is 4.81. The Hall–Kier alpha value is 0.607. The van der Waals surface area contributed by atoms with Gasteiger partial charge in [-0.15, -0.1) is 6.54 Å². The largest absolute Gasteiger partial charge is 4.00 e. The summed E-state index contributed by atoms with van der Waals surface area (Å²) in [7, 11) is 1.29. The van der Waals surface area contributed by atoms with Gasteiger partial charge in [0.1, 0.15) is 0 Å². The summed E-state index contributed by atoms with van der Waals surface area (Å²) in [6.45, 7) is 0.587. The van der Waals surface area contributed by atoms with Crippen LogP contribution in [0, 0.1) is 64.0 Å². The Morgan fingerprint density at radius 2 is 1.79 bits per heavy atom. The van der Waals surface area contributed by atoms with Crippen molar-refractivity contribution in [1.29, 1.82) is 0 Å². The van der Waals surface area contributed by atoms with Gasteiger partial charge in [-0.3, -0.25) is 4.79 Å². The van der Waals surface area contributed by atoms with Gasteiger partial charge >= 0.3 is 41.7 Å². The van der Waals surface area contributed by atoms with Crippen molar-refractivity contribution in [2.75, 3.05) is 20.3 Å². The van der Waals surface area contributed by atoms with Crippen LogP contribution in [-0.2, 0) is 4.74 Å². The fourth-order valence-electron chi connectivity index (χ4n) is 0.459. The van der Waals surface area contributed by atoms with Gasteiger partial charge in [0.05, 0.1) is 7.11 Å². The number of rotatable bonds is 4. The van der Waals surface area contributed by atoms with Crippen molar-refractivity contribution in [3.8, 4) is 0 Å². The van der Waals surface area contributed by atoms with Crippen LogP contribution in [0.3, 0.4) is 0 Å². The molecule has 0 saturated carbocycles. The zero-order valence-corrected chi connectivity index (χ0v) is 12.7. The Kier molecular flexibility index (Phi) is 49.0. The number of aliphatic hydroxyl groups excluding tert-OH is 1. The fraction of sp³-hybridized carbons (Fsp3) is 0.556. The van der Waals surface area contributed by atoms with Gasteiger partial charge in [0, 0.05) is 6.61 Å². The molecule has 0 aliphatic heterocycles. The van der Waals surface area contributed by atoms with E-state index in [4.69, 9.17) is 5.11 Å². The zero-order valence-electron chi connectivity index (χ0n) is 9.54. The van der Waals surface area contributed by atoms with E-state index in [9.17, 15) is 4.79 Å². The molecule has 84 valence electrons. The summed E-state index contributed by atoms with van der Waals surface area (Å²) in [5, 5.41) is 11.8. The molecule has 5 heteroatoms. The molecule has 14 heavy (non-hydrogen) atoms. The number of amides is 1. The van der Waals surface area contributed by atoms with E-state index in [0.29, 0.717) is 13.0 Å². The van der Waals surface area contributed by atoms with E-state index < -0.39 is 6.09 Å². The molecule has 0 aromatic rings. The normalized spacial score (nSPS) is 6.43. The summed E-state index contributed by atoms with van der Waals surface area (Å²) in [5.74, 6) is 0. The van der Waals surface area contributed by atoms with Gasteiger partial charge in [0.25, 0.3) is 0 Å². The zero-order chi connectivity index (χ0) is 7.82. The maximum Gasteiger partial charge on any atom is 4.00 e. The number of carbonyl (C=O) groups is 1. The summed E-state index contributed by atoms with van der Waals surface area (Å²) < 4.78 is 4.26. The summed E-state index contributed by atoms with van der Waals surface area (Å²) in [6.07, 6.45) is 0.865. The minimum absolute atomic E-state index is 0. The van der Waals surface area contributed by atoms with Crippen LogP contribution in [0.25, 0.3) is 5.32 Å². The monoisotopic (exact) mass is 331 g/mol. The number of methoxy groups -OCH3 is 1. The van der Waals surface area contributed by atoms with Crippen LogP contribution in [0.2, 0.25) is 0 Å². The predicted octanol–water partition coefficient (Wildman–Crippen LogP) is 2.25. The van der Waals surface area contributed by atoms with E-state index in [1.807, 2.05) is 0 Å². The fourth-order valence-corrected chi connectivity index (χ4v) is 0.459. The molecule has 0 atom stereocenters. The summed E-state index contributed by atoms with van der Waals surface area (Å²) in [5.41, 5.74) is 0. The molecule has 0 aliphatic rings. The Bertz CT molecular complexity index is 102. The first kappa shape index (κ1) is 29.3. The Morgan fingerprint density at radius 1 is 1.29 bits per heavy atom. The van der Waals surface area contributed by atoms with Crippen molar-refractivity contribution in [3.05, 3.63) is 27.6 Å². The molecule has 0 aliphatic carbocycles. The molecule has 0 unspecified atom stereocenters. The third kappa shape index (κ3) is 22.9. The first-order valence-electron chi connectivity index (χ1n) is 3.17. The van der Waals surface area contributed by atoms with Crippen LogP contribution >= 0.6 is 0 Å². The van der Waals surface area contributed by atoms with Crippen LogP contribution < -0.4 is 0 Å². The molecule has 0 heterocycles. The van der Waals surface area contributed by atoms with Crippen molar-refractivity contribution in [2.24, 2.45) is 0 Å². The van der Waals surface area contributed by atoms with E-state index in [1.54, 1.807) is 0 Å². The summed E-state index contributed by atoms with van der Waals surface area (Å²) in [4.78, 5) is 10.3. The average Bonchev–Trinajstić information content (AvgIpc) is 1.98. The molecule has 0 aromatic carbocycles. The van der Waals surface area contributed by atoms with Crippen LogP contribution in [0.4, 0.5) is 4.79 Å². The van der Waals surface area contributed by atoms with Crippen molar-refractivity contribution < 1.29 is 56.4 Å². The molecule has 0 saturated heterocycles. The quantitative estimate of drug-likeness (QED) is 0.635. The molecule has 0 bridgehead atoms. The number of aliphatic hydroxyl groups is 1. The minimum Gasteiger partial charge on any atom is -0.617 e. The van der Waals surface area contributed by atoms with E-state index in [0.717, 1.165) is 6.42 Å². The molecular formula is C9H21CeNO3. The van der Waals surface area contributed by atoms with Gasteiger partial charge in [0.2, 0.25) is 6.09 Å². The molecule has 4 nitrogen and oxygen atoms in total. The van der Waals surface area contributed by atoms with Crippen molar-refractivity contribution in [1.82, 2.24) is 0 Å². The van der Waals surface area contributed by atoms with E-state index in [2.05, 4.69) is 10.1 Å². The van der Waals surface area contributed by atoms with Crippen molar-refractivity contribution >= 4 is 6.09 Å². The number of nitrogens with zero attached hydrogens (tertiary/aromatic N) is 1. The van der Waals surface area contributed by atoms with Crippen LogP contribution in [0.15, 0.2) is 0 Å². The molecule has 1 amide bonds. The number of ether oxygens (including phenoxy) is 1. The molecule has 1 N–H and O–H groups in total. The van der Waals surface area contributed by atoms with Gasteiger partial charge < -0.3 is 37.4 Å². The van der Waals surface area contributed by atoms with Gasteiger partial charge in [-0.1, -0.05) is 6.42 Å². The molecule has 0 spiro atoms. The summed E-state index contributed by atoms with van der Waals surface area (Å²) >= 11 is 0. The van der Waals surface area contributed by atoms with Gasteiger partial charge in [-0.25, -0.2) is 0 Å². The molecule has 0 rings (SSSR count). The first-order valence-corrected chi connectivity index (χ1v) is 3.17. The van der Waals surface area contributed by atoms with Crippen LogP contribution in [0.1, 0.15) is 12.8 Å². The maximum absolute atomic E-state index is 10.3. The maximum atomic E-state index is 10.3. The van der Waals surface area contributed by atoms with Gasteiger partial charge in [-0.05, 0) is 6.42 Å². The standard InChI is InChI=1S/C6H13NO3.3CH3.Ce/c1-10-6(9)7-4-2-3-5-8;;;;/h8H,2-5H2,1H3,(H,7,9);3*1H3;/q;3*-1;+4/p-1. The van der Waals surface area contributed by atoms with E-state index in [-0.39, 0.29) is 70.6 Å². The molecular weight excluding hydrogens is 310 g/mol. The third-order valence-corrected chi connectivity index (χ3v) is 0.982. The number of hydrogen-bond acceptors (Lipinski definition) is 3.